The highest BCUT2D eigenvalue weighted by molar-refractivity contribution is 5.76. The van der Waals surface area contributed by atoms with Crippen molar-refractivity contribution in [3.63, 3.8) is 0 Å². The minimum Gasteiger partial charge on any atom is -0.350 e. The smallest absolute Gasteiger partial charge is 0.220 e. The van der Waals surface area contributed by atoms with Crippen molar-refractivity contribution in [3.8, 4) is 5.69 Å². The lowest BCUT2D eigenvalue weighted by Crippen LogP contribution is -2.34. The number of hydrogen-bond acceptors (Lipinski definition) is 5. The third-order valence-electron chi connectivity index (χ3n) is 5.93. The van der Waals surface area contributed by atoms with Gasteiger partial charge in [-0.1, -0.05) is 25.0 Å². The van der Waals surface area contributed by atoms with Gasteiger partial charge in [-0.05, 0) is 49.8 Å². The van der Waals surface area contributed by atoms with Gasteiger partial charge in [-0.3, -0.25) is 15.6 Å². The normalized spacial score (nSPS) is 25.7. The van der Waals surface area contributed by atoms with Crippen molar-refractivity contribution in [2.24, 2.45) is 5.92 Å². The van der Waals surface area contributed by atoms with Crippen molar-refractivity contribution in [1.29, 1.82) is 0 Å². The molecule has 1 aliphatic heterocycles. The Balaban J connectivity index is 1.26. The van der Waals surface area contributed by atoms with E-state index in [9.17, 15) is 4.79 Å². The number of rotatable bonds is 6. The highest BCUT2D eigenvalue weighted by Gasteiger charge is 2.36. The number of nitrogens with one attached hydrogen (secondary N) is 3. The van der Waals surface area contributed by atoms with Crippen LogP contribution in [0.15, 0.2) is 36.9 Å². The summed E-state index contributed by atoms with van der Waals surface area (Å²) in [6.45, 7) is 2.02. The Morgan fingerprint density at radius 2 is 2.07 bits per heavy atom. The van der Waals surface area contributed by atoms with Crippen LogP contribution < -0.4 is 16.2 Å². The molecule has 144 valence electrons. The van der Waals surface area contributed by atoms with E-state index in [1.807, 2.05) is 31.2 Å². The number of carbonyl (C=O) groups excluding carboxylic acids is 1. The number of aromatic nitrogens is 3. The summed E-state index contributed by atoms with van der Waals surface area (Å²) in [5.74, 6) is 0.789. The molecule has 4 rings (SSSR count). The molecule has 2 fully saturated rings. The molecule has 1 aromatic heterocycles. The van der Waals surface area contributed by atoms with Gasteiger partial charge in [-0.2, -0.15) is 5.10 Å². The summed E-state index contributed by atoms with van der Waals surface area (Å²) < 4.78 is 1.72. The fraction of sp³-hybridized carbons (Fsp3) is 0.550. The van der Waals surface area contributed by atoms with Crippen LogP contribution in [0.2, 0.25) is 0 Å². The zero-order valence-corrected chi connectivity index (χ0v) is 15.8. The minimum atomic E-state index is -0.0145. The standard InChI is InChI=1S/C20H28N6O/c1-14(15-6-8-16(9-7-15)26-13-21-12-22-26)23-20(27)11-10-19-17-4-2-3-5-18(17)24-25-19/h6-9,12-14,17-19,24-25H,2-5,10-11H2,1H3,(H,23,27). The van der Waals surface area contributed by atoms with E-state index in [1.165, 1.54) is 32.0 Å². The molecular weight excluding hydrogens is 340 g/mol. The number of hydrazine groups is 1. The minimum absolute atomic E-state index is 0.0145. The van der Waals surface area contributed by atoms with Gasteiger partial charge in [0.2, 0.25) is 5.91 Å². The number of nitrogens with zero attached hydrogens (tertiary/aromatic N) is 3. The van der Waals surface area contributed by atoms with Gasteiger partial charge in [-0.15, -0.1) is 0 Å². The zero-order valence-electron chi connectivity index (χ0n) is 15.8. The summed E-state index contributed by atoms with van der Waals surface area (Å²) in [5.41, 5.74) is 8.88. The molecule has 2 aromatic rings. The largest absolute Gasteiger partial charge is 0.350 e. The molecule has 0 spiro atoms. The first-order chi connectivity index (χ1) is 13.2. The van der Waals surface area contributed by atoms with E-state index >= 15 is 0 Å². The van der Waals surface area contributed by atoms with Crippen molar-refractivity contribution in [1.82, 2.24) is 30.9 Å². The maximum absolute atomic E-state index is 12.4. The fourth-order valence-electron chi connectivity index (χ4n) is 4.37. The fourth-order valence-corrected chi connectivity index (χ4v) is 4.37. The Kier molecular flexibility index (Phi) is 5.50. The average molecular weight is 368 g/mol. The summed E-state index contributed by atoms with van der Waals surface area (Å²) in [5, 5.41) is 7.25. The Morgan fingerprint density at radius 1 is 1.26 bits per heavy atom. The molecule has 7 nitrogen and oxygen atoms in total. The SMILES string of the molecule is CC(NC(=O)CCC1NNC2CCCCC21)c1ccc(-n2cncn2)cc1. The quantitative estimate of drug-likeness (QED) is 0.728. The first kappa shape index (κ1) is 18.1. The van der Waals surface area contributed by atoms with E-state index in [2.05, 4.69) is 26.3 Å². The molecule has 1 saturated heterocycles. The summed E-state index contributed by atoms with van der Waals surface area (Å²) in [4.78, 5) is 16.4. The Bertz CT molecular complexity index is 744. The van der Waals surface area contributed by atoms with Gasteiger partial charge >= 0.3 is 0 Å². The first-order valence-electron chi connectivity index (χ1n) is 9.96. The molecule has 1 amide bonds. The summed E-state index contributed by atoms with van der Waals surface area (Å²) in [7, 11) is 0. The third kappa shape index (κ3) is 4.20. The van der Waals surface area contributed by atoms with E-state index in [-0.39, 0.29) is 11.9 Å². The molecule has 7 heteroatoms. The van der Waals surface area contributed by atoms with Gasteiger partial charge in [0, 0.05) is 18.5 Å². The molecule has 27 heavy (non-hydrogen) atoms. The second-order valence-electron chi connectivity index (χ2n) is 7.71. The molecule has 4 unspecified atom stereocenters. The first-order valence-corrected chi connectivity index (χ1v) is 9.96. The van der Waals surface area contributed by atoms with Crippen LogP contribution >= 0.6 is 0 Å². The molecule has 1 saturated carbocycles. The Morgan fingerprint density at radius 3 is 2.85 bits per heavy atom. The van der Waals surface area contributed by atoms with E-state index < -0.39 is 0 Å². The lowest BCUT2D eigenvalue weighted by molar-refractivity contribution is -0.122. The molecule has 1 aromatic carbocycles. The van der Waals surface area contributed by atoms with E-state index in [0.29, 0.717) is 24.4 Å². The lowest BCUT2D eigenvalue weighted by atomic mass is 9.80. The molecular formula is C20H28N6O. The van der Waals surface area contributed by atoms with Crippen LogP contribution in [-0.2, 0) is 4.79 Å². The monoisotopic (exact) mass is 368 g/mol. The molecule has 1 aliphatic carbocycles. The predicted molar refractivity (Wildman–Crippen MR) is 103 cm³/mol. The molecule has 2 heterocycles. The molecule has 3 N–H and O–H groups in total. The van der Waals surface area contributed by atoms with Crippen LogP contribution in [0.4, 0.5) is 0 Å². The molecule has 4 atom stereocenters. The van der Waals surface area contributed by atoms with E-state index in [4.69, 9.17) is 0 Å². The van der Waals surface area contributed by atoms with E-state index in [0.717, 1.165) is 17.7 Å². The van der Waals surface area contributed by atoms with Crippen LogP contribution in [0.5, 0.6) is 0 Å². The van der Waals surface area contributed by atoms with Gasteiger partial charge < -0.3 is 5.32 Å². The molecule has 0 bridgehead atoms. The summed E-state index contributed by atoms with van der Waals surface area (Å²) >= 11 is 0. The van der Waals surface area contributed by atoms with Crippen molar-refractivity contribution >= 4 is 5.91 Å². The van der Waals surface area contributed by atoms with Crippen molar-refractivity contribution in [3.05, 3.63) is 42.5 Å². The van der Waals surface area contributed by atoms with Crippen LogP contribution in [-0.4, -0.2) is 32.8 Å². The maximum Gasteiger partial charge on any atom is 0.220 e. The topological polar surface area (TPSA) is 83.9 Å². The van der Waals surface area contributed by atoms with Gasteiger partial charge in [0.1, 0.15) is 12.7 Å². The Labute approximate surface area is 159 Å². The molecule has 0 radical (unpaired) electrons. The van der Waals surface area contributed by atoms with Gasteiger partial charge in [0.15, 0.2) is 0 Å². The third-order valence-corrected chi connectivity index (χ3v) is 5.93. The van der Waals surface area contributed by atoms with Crippen LogP contribution in [0.3, 0.4) is 0 Å². The second-order valence-corrected chi connectivity index (χ2v) is 7.71. The number of fused-ring (bicyclic) bond motifs is 1. The van der Waals surface area contributed by atoms with Crippen LogP contribution in [0, 0.1) is 5.92 Å². The maximum atomic E-state index is 12.4. The lowest BCUT2D eigenvalue weighted by Gasteiger charge is -2.27. The number of hydrogen-bond donors (Lipinski definition) is 3. The highest BCUT2D eigenvalue weighted by atomic mass is 16.1. The number of amides is 1. The highest BCUT2D eigenvalue weighted by Crippen LogP contribution is 2.31. The van der Waals surface area contributed by atoms with Crippen LogP contribution in [0.25, 0.3) is 5.69 Å². The Hall–Kier alpha value is -2.25. The van der Waals surface area contributed by atoms with Crippen molar-refractivity contribution in [2.45, 2.75) is 63.6 Å². The summed E-state index contributed by atoms with van der Waals surface area (Å²) in [6, 6.07) is 9.02. The number of carbonyl (C=O) groups is 1. The van der Waals surface area contributed by atoms with Gasteiger partial charge in [0.25, 0.3) is 0 Å². The summed E-state index contributed by atoms with van der Waals surface area (Å²) in [6.07, 6.45) is 9.78. The second kappa shape index (κ2) is 8.19. The van der Waals surface area contributed by atoms with E-state index in [1.54, 1.807) is 11.0 Å². The van der Waals surface area contributed by atoms with Gasteiger partial charge in [0.05, 0.1) is 11.7 Å². The number of benzene rings is 1. The average Bonchev–Trinajstić information content (AvgIpc) is 3.37. The van der Waals surface area contributed by atoms with Crippen molar-refractivity contribution in [2.75, 3.05) is 0 Å². The van der Waals surface area contributed by atoms with Crippen LogP contribution in [0.1, 0.15) is 57.1 Å². The predicted octanol–water partition coefficient (Wildman–Crippen LogP) is 2.26. The van der Waals surface area contributed by atoms with Crippen molar-refractivity contribution < 1.29 is 4.79 Å². The molecule has 2 aliphatic rings. The van der Waals surface area contributed by atoms with Gasteiger partial charge in [-0.25, -0.2) is 9.67 Å². The zero-order chi connectivity index (χ0) is 18.6.